The zero-order valence-corrected chi connectivity index (χ0v) is 14.4. The normalized spacial score (nSPS) is 31.0. The molecule has 0 aromatic carbocycles. The maximum atomic E-state index is 14.3. The number of alkyl halides is 1. The van der Waals surface area contributed by atoms with Crippen LogP contribution in [-0.2, 0) is 4.74 Å². The van der Waals surface area contributed by atoms with Crippen molar-refractivity contribution < 1.29 is 24.1 Å². The number of rotatable bonds is 3. The molecule has 0 unspecified atom stereocenters. The van der Waals surface area contributed by atoms with Gasteiger partial charge in [0.15, 0.2) is 27.4 Å². The van der Waals surface area contributed by atoms with Crippen LogP contribution in [0.2, 0.25) is 0 Å². The van der Waals surface area contributed by atoms with Crippen LogP contribution in [0.4, 0.5) is 10.3 Å². The second kappa shape index (κ2) is 5.65. The summed E-state index contributed by atoms with van der Waals surface area (Å²) in [7, 11) is 1.41. The first-order valence-corrected chi connectivity index (χ1v) is 7.76. The van der Waals surface area contributed by atoms with Crippen LogP contribution in [0.1, 0.15) is 13.2 Å². The number of aliphatic hydroxyl groups is 2. The van der Waals surface area contributed by atoms with E-state index in [1.54, 1.807) is 0 Å². The fourth-order valence-electron chi connectivity index (χ4n) is 2.63. The lowest BCUT2D eigenvalue weighted by Crippen LogP contribution is -2.42. The number of halogens is 2. The predicted molar refractivity (Wildman–Crippen MR) is 85.5 cm³/mol. The van der Waals surface area contributed by atoms with Gasteiger partial charge in [0.05, 0.1) is 13.7 Å². The molecule has 0 saturated carbocycles. The Balaban J connectivity index is 2.21. The molecule has 2 aromatic heterocycles. The summed E-state index contributed by atoms with van der Waals surface area (Å²) in [6.07, 6.45) is -4.05. The number of methoxy groups -OCH3 is 1. The molecule has 1 aliphatic rings. The summed E-state index contributed by atoms with van der Waals surface area (Å²) < 4.78 is 26.7. The molecular weight excluding hydrogens is 424 g/mol. The van der Waals surface area contributed by atoms with Gasteiger partial charge in [-0.05, 0) is 6.92 Å². The number of aromatic nitrogens is 4. The third kappa shape index (κ3) is 2.42. The number of hydrogen-bond donors (Lipinski definition) is 3. The van der Waals surface area contributed by atoms with E-state index in [9.17, 15) is 14.6 Å². The minimum atomic E-state index is -1.88. The standard InChI is InChI=1S/C12H15FIN5O4/c1-12(21)6(13)4(3-20)23-9(12)19-7-5(16-10(19)14)8(22-2)18-11(15)17-7/h4,6,9,20-21H,3H2,1-2H3,(H2,15,17,18)/t4-,6-,9-,12-/m1/s1. The number of nitrogens with zero attached hydrogens (tertiary/aromatic N) is 4. The van der Waals surface area contributed by atoms with Gasteiger partial charge in [-0.2, -0.15) is 9.97 Å². The molecule has 3 rings (SSSR count). The lowest BCUT2D eigenvalue weighted by Gasteiger charge is -2.26. The van der Waals surface area contributed by atoms with Crippen LogP contribution in [0.15, 0.2) is 0 Å². The maximum Gasteiger partial charge on any atom is 0.247 e. The highest BCUT2D eigenvalue weighted by Gasteiger charge is 2.55. The fourth-order valence-corrected chi connectivity index (χ4v) is 3.35. The van der Waals surface area contributed by atoms with Gasteiger partial charge in [-0.1, -0.05) is 0 Å². The average molecular weight is 439 g/mol. The molecule has 0 radical (unpaired) electrons. The Kier molecular flexibility index (Phi) is 4.06. The van der Waals surface area contributed by atoms with Gasteiger partial charge in [0, 0.05) is 22.6 Å². The molecule has 1 fully saturated rings. The molecule has 0 spiro atoms. The van der Waals surface area contributed by atoms with E-state index in [1.165, 1.54) is 18.6 Å². The topological polar surface area (TPSA) is 129 Å². The summed E-state index contributed by atoms with van der Waals surface area (Å²) in [6.45, 7) is 0.735. The highest BCUT2D eigenvalue weighted by Crippen LogP contribution is 2.42. The van der Waals surface area contributed by atoms with Crippen molar-refractivity contribution >= 4 is 39.7 Å². The lowest BCUT2D eigenvalue weighted by molar-refractivity contribution is -0.0904. The Morgan fingerprint density at radius 1 is 1.48 bits per heavy atom. The molecule has 0 aliphatic carbocycles. The SMILES string of the molecule is COc1nc(N)nc2c1nc(I)n2[C@@H]1O[C@H](CO)[C@@H](F)[C@@]1(C)O. The molecular formula is C12H15FIN5O4. The summed E-state index contributed by atoms with van der Waals surface area (Å²) in [5.74, 6) is 0.109. The number of fused-ring (bicyclic) bond motifs is 1. The third-order valence-electron chi connectivity index (χ3n) is 3.78. The Morgan fingerprint density at radius 3 is 2.74 bits per heavy atom. The first-order chi connectivity index (χ1) is 10.8. The van der Waals surface area contributed by atoms with E-state index in [1.807, 2.05) is 22.6 Å². The van der Waals surface area contributed by atoms with Crippen LogP contribution in [0.3, 0.4) is 0 Å². The zero-order chi connectivity index (χ0) is 16.9. The Labute approximate surface area is 143 Å². The van der Waals surface area contributed by atoms with E-state index in [0.717, 1.165) is 0 Å². The summed E-state index contributed by atoms with van der Waals surface area (Å²) >= 11 is 1.90. The summed E-state index contributed by atoms with van der Waals surface area (Å²) in [4.78, 5) is 12.3. The molecule has 9 nitrogen and oxygen atoms in total. The van der Waals surface area contributed by atoms with Crippen molar-refractivity contribution in [3.05, 3.63) is 3.83 Å². The largest absolute Gasteiger partial charge is 0.479 e. The Hall–Kier alpha value is -1.31. The molecule has 1 saturated heterocycles. The number of ether oxygens (including phenoxy) is 2. The zero-order valence-electron chi connectivity index (χ0n) is 12.3. The van der Waals surface area contributed by atoms with Crippen LogP contribution in [-0.4, -0.2) is 61.3 Å². The number of imidazole rings is 1. The number of anilines is 1. The van der Waals surface area contributed by atoms with E-state index in [4.69, 9.17) is 15.2 Å². The molecule has 4 atom stereocenters. The number of nitrogen functional groups attached to an aromatic ring is 1. The molecule has 126 valence electrons. The van der Waals surface area contributed by atoms with Gasteiger partial charge in [0.25, 0.3) is 0 Å². The van der Waals surface area contributed by atoms with E-state index >= 15 is 0 Å². The van der Waals surface area contributed by atoms with Crippen molar-refractivity contribution in [1.29, 1.82) is 0 Å². The number of hydrogen-bond acceptors (Lipinski definition) is 8. The number of nitrogens with two attached hydrogens (primary N) is 1. The smallest absolute Gasteiger partial charge is 0.247 e. The Bertz CT molecular complexity index is 755. The van der Waals surface area contributed by atoms with E-state index in [0.29, 0.717) is 9.35 Å². The minimum absolute atomic E-state index is 0.0555. The molecule has 2 aromatic rings. The number of aliphatic hydroxyl groups excluding tert-OH is 1. The van der Waals surface area contributed by atoms with Gasteiger partial charge in [-0.15, -0.1) is 0 Å². The van der Waals surface area contributed by atoms with E-state index in [-0.39, 0.29) is 17.5 Å². The molecule has 0 amide bonds. The molecule has 0 bridgehead atoms. The van der Waals surface area contributed by atoms with Gasteiger partial charge >= 0.3 is 0 Å². The Morgan fingerprint density at radius 2 is 2.17 bits per heavy atom. The summed E-state index contributed by atoms with van der Waals surface area (Å²) in [5, 5.41) is 19.7. The van der Waals surface area contributed by atoms with E-state index < -0.39 is 30.7 Å². The van der Waals surface area contributed by atoms with Gasteiger partial charge in [0.1, 0.15) is 11.7 Å². The highest BCUT2D eigenvalue weighted by atomic mass is 127. The summed E-state index contributed by atoms with van der Waals surface area (Å²) in [5.41, 5.74) is 4.34. The minimum Gasteiger partial charge on any atom is -0.479 e. The maximum absolute atomic E-state index is 14.3. The van der Waals surface area contributed by atoms with Crippen molar-refractivity contribution in [2.24, 2.45) is 0 Å². The van der Waals surface area contributed by atoms with Crippen LogP contribution in [0, 0.1) is 3.83 Å². The monoisotopic (exact) mass is 439 g/mol. The van der Waals surface area contributed by atoms with Crippen LogP contribution in [0.25, 0.3) is 11.2 Å². The van der Waals surface area contributed by atoms with Crippen molar-refractivity contribution in [2.75, 3.05) is 19.5 Å². The second-order valence-corrected chi connectivity index (χ2v) is 6.32. The van der Waals surface area contributed by atoms with Crippen molar-refractivity contribution in [1.82, 2.24) is 19.5 Å². The first kappa shape index (κ1) is 16.5. The first-order valence-electron chi connectivity index (χ1n) is 6.69. The second-order valence-electron chi connectivity index (χ2n) is 5.35. The molecule has 3 heterocycles. The fraction of sp³-hybridized carbons (Fsp3) is 0.583. The van der Waals surface area contributed by atoms with Gasteiger partial charge < -0.3 is 25.4 Å². The molecule has 23 heavy (non-hydrogen) atoms. The predicted octanol–water partition coefficient (Wildman–Crippen LogP) is 0.000500. The molecule has 4 N–H and O–H groups in total. The third-order valence-corrected chi connectivity index (χ3v) is 4.54. The van der Waals surface area contributed by atoms with Crippen LogP contribution in [0.5, 0.6) is 5.88 Å². The van der Waals surface area contributed by atoms with Crippen LogP contribution < -0.4 is 10.5 Å². The molecule has 1 aliphatic heterocycles. The van der Waals surface area contributed by atoms with Gasteiger partial charge in [0.2, 0.25) is 11.8 Å². The van der Waals surface area contributed by atoms with Gasteiger partial charge in [-0.25, -0.2) is 9.37 Å². The quantitative estimate of drug-likeness (QED) is 0.451. The highest BCUT2D eigenvalue weighted by molar-refractivity contribution is 14.1. The van der Waals surface area contributed by atoms with E-state index in [2.05, 4.69) is 15.0 Å². The molecule has 11 heteroatoms. The van der Waals surface area contributed by atoms with Crippen molar-refractivity contribution in [2.45, 2.75) is 31.0 Å². The average Bonchev–Trinajstić information content (AvgIpc) is 2.93. The van der Waals surface area contributed by atoms with Crippen molar-refractivity contribution in [3.8, 4) is 5.88 Å². The summed E-state index contributed by atoms with van der Waals surface area (Å²) in [6, 6.07) is 0. The van der Waals surface area contributed by atoms with Gasteiger partial charge in [-0.3, -0.25) is 4.57 Å². The lowest BCUT2D eigenvalue weighted by atomic mass is 9.98. The van der Waals surface area contributed by atoms with Crippen molar-refractivity contribution in [3.63, 3.8) is 0 Å². The van der Waals surface area contributed by atoms with Crippen LogP contribution >= 0.6 is 22.6 Å².